The van der Waals surface area contributed by atoms with Gasteiger partial charge >= 0.3 is 30.1 Å². The molecule has 0 fully saturated rings. The molecule has 0 heterocycles. The minimum Gasteiger partial charge on any atom is -0.464 e. The lowest BCUT2D eigenvalue weighted by Crippen LogP contribution is -2.56. The van der Waals surface area contributed by atoms with Crippen LogP contribution in [0, 0.1) is 0 Å². The SMILES string of the molecule is CCCOC(=O)C(CC(F)(F)C(F)(F)C(F)(F)F)NC(=O)OCc1ccccc1. The van der Waals surface area contributed by atoms with Gasteiger partial charge in [-0.2, -0.15) is 30.7 Å². The van der Waals surface area contributed by atoms with Crippen molar-refractivity contribution in [2.45, 2.75) is 50.4 Å². The van der Waals surface area contributed by atoms with Crippen LogP contribution in [0.4, 0.5) is 35.5 Å². The van der Waals surface area contributed by atoms with E-state index in [0.29, 0.717) is 5.56 Å². The standard InChI is InChI=1S/C17H18F7NO4/c1-2-8-28-13(26)12(9-15(18,19)16(20,21)17(22,23)24)25-14(27)29-10-11-6-4-3-5-7-11/h3-7,12H,2,8-10H2,1H3,(H,25,27). The van der Waals surface area contributed by atoms with Gasteiger partial charge in [-0.1, -0.05) is 37.3 Å². The lowest BCUT2D eigenvalue weighted by Gasteiger charge is -2.30. The molecule has 0 saturated heterocycles. The van der Waals surface area contributed by atoms with E-state index in [1.54, 1.807) is 23.5 Å². The van der Waals surface area contributed by atoms with Crippen molar-refractivity contribution in [2.75, 3.05) is 6.61 Å². The first kappa shape index (κ1) is 24.5. The Bertz CT molecular complexity index is 680. The fourth-order valence-electron chi connectivity index (χ4n) is 2.00. The molecule has 1 unspecified atom stereocenters. The fraction of sp³-hybridized carbons (Fsp3) is 0.529. The number of hydrogen-bond donors (Lipinski definition) is 1. The van der Waals surface area contributed by atoms with Gasteiger partial charge in [-0.3, -0.25) is 0 Å². The Morgan fingerprint density at radius 2 is 1.59 bits per heavy atom. The molecule has 0 saturated carbocycles. The number of benzene rings is 1. The van der Waals surface area contributed by atoms with Gasteiger partial charge in [0.05, 0.1) is 6.61 Å². The molecule has 0 spiro atoms. The van der Waals surface area contributed by atoms with Crippen molar-refractivity contribution in [3.05, 3.63) is 35.9 Å². The Labute approximate surface area is 161 Å². The Morgan fingerprint density at radius 3 is 2.10 bits per heavy atom. The number of amides is 1. The molecular formula is C17H18F7NO4. The van der Waals surface area contributed by atoms with Crippen LogP contribution in [0.3, 0.4) is 0 Å². The lowest BCUT2D eigenvalue weighted by atomic mass is 10.0. The average molecular weight is 433 g/mol. The number of alkyl halides is 7. The number of carbonyl (C=O) groups is 2. The highest BCUT2D eigenvalue weighted by Crippen LogP contribution is 2.48. The molecule has 1 aromatic carbocycles. The van der Waals surface area contributed by atoms with E-state index < -0.39 is 42.5 Å². The molecule has 0 aromatic heterocycles. The molecule has 29 heavy (non-hydrogen) atoms. The number of esters is 1. The molecule has 0 aliphatic rings. The van der Waals surface area contributed by atoms with E-state index in [0.717, 1.165) is 0 Å². The number of hydrogen-bond acceptors (Lipinski definition) is 4. The molecule has 164 valence electrons. The number of nitrogens with one attached hydrogen (secondary N) is 1. The molecule has 1 atom stereocenters. The van der Waals surface area contributed by atoms with Crippen LogP contribution in [0.25, 0.3) is 0 Å². The maximum absolute atomic E-state index is 13.7. The third-order valence-corrected chi connectivity index (χ3v) is 3.51. The molecule has 1 amide bonds. The molecule has 0 radical (unpaired) electrons. The number of carbonyl (C=O) groups excluding carboxylic acids is 2. The number of alkyl carbamates (subject to hydrolysis) is 1. The largest absolute Gasteiger partial charge is 0.464 e. The van der Waals surface area contributed by atoms with E-state index in [4.69, 9.17) is 0 Å². The first-order valence-corrected chi connectivity index (χ1v) is 8.28. The summed E-state index contributed by atoms with van der Waals surface area (Å²) >= 11 is 0. The van der Waals surface area contributed by atoms with Crippen molar-refractivity contribution in [3.8, 4) is 0 Å². The second kappa shape index (κ2) is 9.79. The zero-order valence-corrected chi connectivity index (χ0v) is 15.1. The summed E-state index contributed by atoms with van der Waals surface area (Å²) in [4.78, 5) is 23.6. The van der Waals surface area contributed by atoms with Crippen LogP contribution >= 0.6 is 0 Å². The maximum atomic E-state index is 13.7. The van der Waals surface area contributed by atoms with Crippen LogP contribution in [-0.2, 0) is 20.9 Å². The summed E-state index contributed by atoms with van der Waals surface area (Å²) in [5.74, 6) is -13.7. The topological polar surface area (TPSA) is 64.6 Å². The van der Waals surface area contributed by atoms with E-state index in [9.17, 15) is 40.3 Å². The van der Waals surface area contributed by atoms with Crippen LogP contribution in [0.5, 0.6) is 0 Å². The first-order valence-electron chi connectivity index (χ1n) is 8.28. The summed E-state index contributed by atoms with van der Waals surface area (Å²) < 4.78 is 99.6. The molecule has 5 nitrogen and oxygen atoms in total. The summed E-state index contributed by atoms with van der Waals surface area (Å²) in [5, 5.41) is 1.56. The highest BCUT2D eigenvalue weighted by molar-refractivity contribution is 5.81. The molecule has 0 aliphatic heterocycles. The monoisotopic (exact) mass is 433 g/mol. The summed E-state index contributed by atoms with van der Waals surface area (Å²) in [6.07, 6.45) is -10.2. The van der Waals surface area contributed by atoms with E-state index >= 15 is 0 Å². The predicted octanol–water partition coefficient (Wildman–Crippen LogP) is 4.46. The third kappa shape index (κ3) is 6.79. The van der Waals surface area contributed by atoms with Gasteiger partial charge in [-0.05, 0) is 12.0 Å². The van der Waals surface area contributed by atoms with E-state index in [-0.39, 0.29) is 19.6 Å². The molecule has 12 heteroatoms. The van der Waals surface area contributed by atoms with Gasteiger partial charge in [-0.25, -0.2) is 9.59 Å². The average Bonchev–Trinajstić information content (AvgIpc) is 2.63. The van der Waals surface area contributed by atoms with Crippen molar-refractivity contribution < 1.29 is 49.8 Å². The van der Waals surface area contributed by atoms with Crippen LogP contribution < -0.4 is 5.32 Å². The van der Waals surface area contributed by atoms with E-state index in [1.165, 1.54) is 19.1 Å². The molecule has 1 aromatic rings. The second-order valence-corrected chi connectivity index (χ2v) is 5.91. The predicted molar refractivity (Wildman–Crippen MR) is 85.4 cm³/mol. The van der Waals surface area contributed by atoms with Gasteiger partial charge in [0, 0.05) is 6.42 Å². The van der Waals surface area contributed by atoms with Crippen molar-refractivity contribution in [1.29, 1.82) is 0 Å². The van der Waals surface area contributed by atoms with E-state index in [2.05, 4.69) is 9.47 Å². The minimum atomic E-state index is -6.57. The zero-order valence-electron chi connectivity index (χ0n) is 15.1. The summed E-state index contributed by atoms with van der Waals surface area (Å²) in [6, 6.07) is 5.44. The lowest BCUT2D eigenvalue weighted by molar-refractivity contribution is -0.356. The zero-order chi connectivity index (χ0) is 22.3. The molecule has 0 aliphatic carbocycles. The van der Waals surface area contributed by atoms with Crippen molar-refractivity contribution in [2.24, 2.45) is 0 Å². The fourth-order valence-corrected chi connectivity index (χ4v) is 2.00. The van der Waals surface area contributed by atoms with Crippen LogP contribution in [0.2, 0.25) is 0 Å². The summed E-state index contributed by atoms with van der Waals surface area (Å²) in [7, 11) is 0. The molecule has 1 N–H and O–H groups in total. The Kier molecular flexibility index (Phi) is 8.27. The Morgan fingerprint density at radius 1 is 1.00 bits per heavy atom. The highest BCUT2D eigenvalue weighted by atomic mass is 19.4. The number of rotatable bonds is 9. The van der Waals surface area contributed by atoms with Gasteiger partial charge in [-0.15, -0.1) is 0 Å². The van der Waals surface area contributed by atoms with Crippen LogP contribution in [0.1, 0.15) is 25.3 Å². The van der Waals surface area contributed by atoms with Crippen molar-refractivity contribution >= 4 is 12.1 Å². The van der Waals surface area contributed by atoms with Crippen molar-refractivity contribution in [3.63, 3.8) is 0 Å². The van der Waals surface area contributed by atoms with Gasteiger partial charge in [0.1, 0.15) is 12.6 Å². The molecule has 1 rings (SSSR count). The number of ether oxygens (including phenoxy) is 2. The quantitative estimate of drug-likeness (QED) is 0.462. The van der Waals surface area contributed by atoms with Crippen molar-refractivity contribution in [1.82, 2.24) is 5.32 Å². The van der Waals surface area contributed by atoms with E-state index in [1.807, 2.05) is 0 Å². The maximum Gasteiger partial charge on any atom is 0.459 e. The van der Waals surface area contributed by atoms with Gasteiger partial charge in [0.25, 0.3) is 0 Å². The normalized spacial score (nSPS) is 13.5. The molecule has 0 bridgehead atoms. The third-order valence-electron chi connectivity index (χ3n) is 3.51. The number of halogens is 7. The Balaban J connectivity index is 2.90. The molecular weight excluding hydrogens is 415 g/mol. The van der Waals surface area contributed by atoms with Crippen LogP contribution in [0.15, 0.2) is 30.3 Å². The van der Waals surface area contributed by atoms with Crippen LogP contribution in [-0.4, -0.2) is 42.7 Å². The minimum absolute atomic E-state index is 0.214. The highest BCUT2D eigenvalue weighted by Gasteiger charge is 2.73. The summed E-state index contributed by atoms with van der Waals surface area (Å²) in [5.41, 5.74) is 0.474. The second-order valence-electron chi connectivity index (χ2n) is 5.91. The smallest absolute Gasteiger partial charge is 0.459 e. The van der Waals surface area contributed by atoms with Gasteiger partial charge < -0.3 is 14.8 Å². The Hall–Kier alpha value is -2.53. The first-order chi connectivity index (χ1) is 13.3. The summed E-state index contributed by atoms with van der Waals surface area (Å²) in [6.45, 7) is 0.839. The van der Waals surface area contributed by atoms with Gasteiger partial charge in [0.2, 0.25) is 0 Å². The van der Waals surface area contributed by atoms with Gasteiger partial charge in [0.15, 0.2) is 0 Å².